The molecule has 0 saturated heterocycles. The molecule has 154 valence electrons. The van der Waals surface area contributed by atoms with Crippen LogP contribution in [0.1, 0.15) is 5.56 Å². The first-order valence-corrected chi connectivity index (χ1v) is 8.83. The fraction of sp³-hybridized carbons (Fsp3) is 0.143. The predicted molar refractivity (Wildman–Crippen MR) is 101 cm³/mol. The summed E-state index contributed by atoms with van der Waals surface area (Å²) >= 11 is 0. The molecular weight excluding hydrogens is 402 g/mol. The van der Waals surface area contributed by atoms with Gasteiger partial charge in [-0.05, 0) is 35.9 Å². The van der Waals surface area contributed by atoms with Gasteiger partial charge in [0, 0.05) is 18.9 Å². The summed E-state index contributed by atoms with van der Waals surface area (Å²) in [4.78, 5) is 8.77. The van der Waals surface area contributed by atoms with Crippen LogP contribution in [0.2, 0.25) is 0 Å². The Balaban J connectivity index is 1.57. The van der Waals surface area contributed by atoms with Crippen LogP contribution in [-0.2, 0) is 6.54 Å². The minimum Gasteiger partial charge on any atom is -0.494 e. The first kappa shape index (κ1) is 19.7. The number of ether oxygens (including phenoxy) is 2. The highest BCUT2D eigenvalue weighted by Gasteiger charge is 2.30. The van der Waals surface area contributed by atoms with Gasteiger partial charge in [0.05, 0.1) is 18.4 Å². The van der Waals surface area contributed by atoms with Crippen LogP contribution in [0.25, 0.3) is 22.8 Å². The van der Waals surface area contributed by atoms with E-state index >= 15 is 0 Å². The zero-order chi connectivity index (χ0) is 21.3. The molecule has 2 heterocycles. The summed E-state index contributed by atoms with van der Waals surface area (Å²) in [7, 11) is 1.38. The van der Waals surface area contributed by atoms with Crippen molar-refractivity contribution in [2.24, 2.45) is 0 Å². The molecule has 2 aromatic rings. The number of benzene rings is 2. The van der Waals surface area contributed by atoms with Gasteiger partial charge in [-0.25, -0.2) is 14.4 Å². The van der Waals surface area contributed by atoms with Crippen molar-refractivity contribution in [2.45, 2.75) is 12.9 Å². The smallest absolute Gasteiger partial charge is 0.494 e. The van der Waals surface area contributed by atoms with Gasteiger partial charge < -0.3 is 14.0 Å². The number of hydrogen-bond donors (Lipinski definition) is 0. The summed E-state index contributed by atoms with van der Waals surface area (Å²) < 4.78 is 62.0. The van der Waals surface area contributed by atoms with Crippen LogP contribution in [0.4, 0.5) is 17.6 Å². The molecule has 5 nitrogen and oxygen atoms in total. The molecule has 0 saturated carbocycles. The second kappa shape index (κ2) is 7.66. The van der Waals surface area contributed by atoms with Crippen molar-refractivity contribution in [3.63, 3.8) is 0 Å². The third-order valence-corrected chi connectivity index (χ3v) is 4.37. The van der Waals surface area contributed by atoms with Gasteiger partial charge in [0.25, 0.3) is 0 Å². The van der Waals surface area contributed by atoms with Crippen LogP contribution < -0.4 is 9.47 Å². The highest BCUT2D eigenvalue weighted by molar-refractivity contribution is 5.67. The second-order valence-electron chi connectivity index (χ2n) is 6.45. The quantitative estimate of drug-likeness (QED) is 0.422. The number of fused-ring (bicyclic) bond motifs is 1. The van der Waals surface area contributed by atoms with E-state index in [0.29, 0.717) is 17.9 Å². The Kier molecular flexibility index (Phi) is 5.03. The van der Waals surface area contributed by atoms with Crippen molar-refractivity contribution in [3.8, 4) is 34.3 Å². The van der Waals surface area contributed by atoms with Crippen LogP contribution in [0.15, 0.2) is 60.9 Å². The van der Waals surface area contributed by atoms with E-state index < -0.39 is 12.2 Å². The summed E-state index contributed by atoms with van der Waals surface area (Å²) in [5.41, 5.74) is 2.16. The van der Waals surface area contributed by atoms with E-state index in [9.17, 15) is 17.6 Å². The lowest BCUT2D eigenvalue weighted by molar-refractivity contribution is -0.274. The molecule has 2 aromatic carbocycles. The number of halogens is 4. The maximum Gasteiger partial charge on any atom is 0.573 e. The Morgan fingerprint density at radius 2 is 1.70 bits per heavy atom. The van der Waals surface area contributed by atoms with E-state index in [0.717, 1.165) is 5.56 Å². The van der Waals surface area contributed by atoms with Crippen LogP contribution in [0.5, 0.6) is 11.5 Å². The van der Waals surface area contributed by atoms with Crippen molar-refractivity contribution >= 4 is 0 Å². The lowest BCUT2D eigenvalue weighted by Gasteiger charge is -2.11. The normalized spacial score (nSPS) is 11.6. The molecule has 0 bridgehead atoms. The summed E-state index contributed by atoms with van der Waals surface area (Å²) in [5.74, 6) is -0.468. The van der Waals surface area contributed by atoms with Gasteiger partial charge in [0.2, 0.25) is 0 Å². The first-order chi connectivity index (χ1) is 14.3. The maximum atomic E-state index is 14.5. The fourth-order valence-corrected chi connectivity index (χ4v) is 3.02. The van der Waals surface area contributed by atoms with Crippen LogP contribution in [-0.4, -0.2) is 28.0 Å². The van der Waals surface area contributed by atoms with Crippen LogP contribution >= 0.6 is 0 Å². The molecule has 0 atom stereocenters. The predicted octanol–water partition coefficient (Wildman–Crippen LogP) is 5.14. The Bertz CT molecular complexity index is 1140. The van der Waals surface area contributed by atoms with Crippen molar-refractivity contribution in [1.29, 1.82) is 0 Å². The van der Waals surface area contributed by atoms with Crippen molar-refractivity contribution in [2.75, 3.05) is 7.11 Å². The number of methoxy groups -OCH3 is 1. The SMILES string of the molecule is COc1cccc(-c2nc3ccn(Cc4ccc(OC(F)(F)F)cc4)cc-3n2)c1F. The molecule has 4 rings (SSSR count). The molecular formula is C21H15F4N3O2. The summed E-state index contributed by atoms with van der Waals surface area (Å²) in [5, 5.41) is 0. The van der Waals surface area contributed by atoms with E-state index in [-0.39, 0.29) is 22.9 Å². The Labute approximate surface area is 168 Å². The summed E-state index contributed by atoms with van der Waals surface area (Å²) in [6.07, 6.45) is -1.22. The second-order valence-corrected chi connectivity index (χ2v) is 6.45. The van der Waals surface area contributed by atoms with Gasteiger partial charge in [0.1, 0.15) is 11.4 Å². The fourth-order valence-electron chi connectivity index (χ4n) is 3.02. The molecule has 2 aliphatic rings. The zero-order valence-electron chi connectivity index (χ0n) is 15.7. The Morgan fingerprint density at radius 1 is 0.967 bits per heavy atom. The summed E-state index contributed by atoms with van der Waals surface area (Å²) in [6.45, 7) is 0.401. The standard InChI is InChI=1S/C21H15F4N3O2/c1-29-18-4-2-3-15(19(18)22)20-26-16-9-10-28(12-17(16)27-20)11-13-5-7-14(8-6-13)30-21(23,24)25/h2-10,12H,11H2,1H3. The van der Waals surface area contributed by atoms with Gasteiger partial charge in [-0.2, -0.15) is 0 Å². The average Bonchev–Trinajstić information content (AvgIpc) is 3.11. The number of nitrogens with zero attached hydrogens (tertiary/aromatic N) is 3. The molecule has 0 unspecified atom stereocenters. The topological polar surface area (TPSA) is 49.2 Å². The van der Waals surface area contributed by atoms with Gasteiger partial charge in [0.15, 0.2) is 17.4 Å². The third-order valence-electron chi connectivity index (χ3n) is 4.37. The van der Waals surface area contributed by atoms with E-state index in [1.54, 1.807) is 42.7 Å². The molecule has 0 aromatic heterocycles. The van der Waals surface area contributed by atoms with E-state index in [1.165, 1.54) is 25.3 Å². The lowest BCUT2D eigenvalue weighted by atomic mass is 10.2. The van der Waals surface area contributed by atoms with E-state index in [2.05, 4.69) is 14.7 Å². The number of pyridine rings is 1. The number of alkyl halides is 3. The van der Waals surface area contributed by atoms with Crippen molar-refractivity contribution < 1.29 is 27.0 Å². The molecule has 0 amide bonds. The molecule has 0 spiro atoms. The van der Waals surface area contributed by atoms with Gasteiger partial charge >= 0.3 is 6.36 Å². The van der Waals surface area contributed by atoms with E-state index in [4.69, 9.17) is 4.74 Å². The number of imidazole rings is 1. The summed E-state index contributed by atoms with van der Waals surface area (Å²) in [6, 6.07) is 12.1. The van der Waals surface area contributed by atoms with Crippen molar-refractivity contribution in [3.05, 3.63) is 72.3 Å². The highest BCUT2D eigenvalue weighted by atomic mass is 19.4. The maximum absolute atomic E-state index is 14.5. The highest BCUT2D eigenvalue weighted by Crippen LogP contribution is 2.30. The number of rotatable bonds is 5. The molecule has 0 radical (unpaired) electrons. The molecule has 30 heavy (non-hydrogen) atoms. The first-order valence-electron chi connectivity index (χ1n) is 8.83. The average molecular weight is 417 g/mol. The number of aromatic nitrogens is 3. The van der Waals surface area contributed by atoms with Gasteiger partial charge in [-0.3, -0.25) is 0 Å². The van der Waals surface area contributed by atoms with Crippen LogP contribution in [0.3, 0.4) is 0 Å². The Morgan fingerprint density at radius 3 is 2.40 bits per heavy atom. The minimum absolute atomic E-state index is 0.106. The van der Waals surface area contributed by atoms with Gasteiger partial charge in [-0.1, -0.05) is 18.2 Å². The molecule has 2 aliphatic heterocycles. The molecule has 9 heteroatoms. The van der Waals surface area contributed by atoms with Crippen molar-refractivity contribution in [1.82, 2.24) is 14.5 Å². The molecule has 0 aliphatic carbocycles. The molecule has 0 N–H and O–H groups in total. The van der Waals surface area contributed by atoms with Gasteiger partial charge in [-0.15, -0.1) is 13.2 Å². The van der Waals surface area contributed by atoms with Crippen LogP contribution in [0, 0.1) is 5.82 Å². The van der Waals surface area contributed by atoms with E-state index in [1.807, 2.05) is 4.57 Å². The zero-order valence-corrected chi connectivity index (χ0v) is 15.7. The molecule has 0 fully saturated rings. The minimum atomic E-state index is -4.72. The lowest BCUT2D eigenvalue weighted by Crippen LogP contribution is -2.17. The Hall–Kier alpha value is -3.62. The number of hydrogen-bond acceptors (Lipinski definition) is 4. The third kappa shape index (κ3) is 4.19. The monoisotopic (exact) mass is 417 g/mol. The largest absolute Gasteiger partial charge is 0.573 e.